The van der Waals surface area contributed by atoms with Gasteiger partial charge in [-0.05, 0) is 59.6 Å². The number of thiophene rings is 1. The Kier molecular flexibility index (Phi) is 6.58. The summed E-state index contributed by atoms with van der Waals surface area (Å²) in [6.45, 7) is 1.89. The molecule has 1 amide bonds. The summed E-state index contributed by atoms with van der Waals surface area (Å²) in [5, 5.41) is 0.724. The second-order valence-corrected chi connectivity index (χ2v) is 9.30. The van der Waals surface area contributed by atoms with Crippen LogP contribution in [0.3, 0.4) is 0 Å². The zero-order chi connectivity index (χ0) is 26.4. The Balaban J connectivity index is 1.56. The summed E-state index contributed by atoms with van der Waals surface area (Å²) >= 11 is 0.410. The molecule has 0 bridgehead atoms. The number of Topliss-reactive ketones (excluding diaryl/α,β-unsaturated/α-hetero) is 1. The Morgan fingerprint density at radius 2 is 1.72 bits per heavy atom. The molecule has 7 nitrogen and oxygen atoms in total. The van der Waals surface area contributed by atoms with Gasteiger partial charge in [0.2, 0.25) is 11.4 Å². The second-order valence-electron chi connectivity index (χ2n) is 8.21. The van der Waals surface area contributed by atoms with E-state index in [9.17, 15) is 40.7 Å². The monoisotopic (exact) mass is 533 g/mol. The van der Waals surface area contributed by atoms with Gasteiger partial charge < -0.3 is 4.90 Å². The number of anilines is 1. The van der Waals surface area contributed by atoms with Crippen molar-refractivity contribution in [2.45, 2.75) is 32.1 Å². The minimum atomic E-state index is -5.25. The van der Waals surface area contributed by atoms with E-state index < -0.39 is 40.8 Å². The van der Waals surface area contributed by atoms with Crippen molar-refractivity contribution in [2.24, 2.45) is 5.92 Å². The first-order chi connectivity index (χ1) is 16.8. The van der Waals surface area contributed by atoms with Crippen LogP contribution < -0.4 is 10.1 Å². The van der Waals surface area contributed by atoms with Gasteiger partial charge >= 0.3 is 24.2 Å². The average Bonchev–Trinajstić information content (AvgIpc) is 3.42. The molecule has 2 aromatic rings. The zero-order valence-corrected chi connectivity index (χ0v) is 19.3. The van der Waals surface area contributed by atoms with Crippen LogP contribution in [0.25, 0.3) is 0 Å². The molecule has 1 saturated heterocycles. The van der Waals surface area contributed by atoms with Gasteiger partial charge in [0.05, 0.1) is 15.7 Å². The molecule has 1 unspecified atom stereocenters. The molecule has 191 valence electrons. The predicted octanol–water partition coefficient (Wildman–Crippen LogP) is 4.56. The molecule has 0 aliphatic carbocycles. The van der Waals surface area contributed by atoms with Crippen LogP contribution in [-0.4, -0.2) is 53.8 Å². The summed E-state index contributed by atoms with van der Waals surface area (Å²) in [6.07, 6.45) is -9.52. The molecule has 0 saturated carbocycles. The van der Waals surface area contributed by atoms with Crippen molar-refractivity contribution in [3.63, 3.8) is 0 Å². The third kappa shape index (κ3) is 5.08. The van der Waals surface area contributed by atoms with Crippen LogP contribution in [0, 0.1) is 12.8 Å². The fraction of sp³-hybridized carbons (Fsp3) is 0.364. The number of hydrogen-bond acceptors (Lipinski definition) is 7. The summed E-state index contributed by atoms with van der Waals surface area (Å²) in [7, 11) is 0. The minimum Gasteiger partial charge on any atom is -0.337 e. The lowest BCUT2D eigenvalue weighted by atomic mass is 9.96. The highest BCUT2D eigenvalue weighted by atomic mass is 32.1. The first-order valence-corrected chi connectivity index (χ1v) is 11.4. The van der Waals surface area contributed by atoms with E-state index in [0.29, 0.717) is 29.7 Å². The van der Waals surface area contributed by atoms with E-state index in [4.69, 9.17) is 0 Å². The number of carbonyl (C=O) groups is 3. The van der Waals surface area contributed by atoms with Gasteiger partial charge in [0.25, 0.3) is 11.7 Å². The molecule has 2 aliphatic heterocycles. The number of fused-ring (bicyclic) bond motifs is 1. The normalized spacial score (nSPS) is 18.1. The van der Waals surface area contributed by atoms with Crippen LogP contribution in [0.5, 0.6) is 0 Å². The maximum Gasteiger partial charge on any atom is 0.495 e. The van der Waals surface area contributed by atoms with Gasteiger partial charge in [-0.25, -0.2) is 9.63 Å². The van der Waals surface area contributed by atoms with Crippen molar-refractivity contribution in [1.29, 1.82) is 0 Å². The molecule has 1 aromatic carbocycles. The van der Waals surface area contributed by atoms with Gasteiger partial charge in [0, 0.05) is 13.1 Å². The number of ketones is 1. The number of likely N-dealkylation sites (tertiary alicyclic amines) is 1. The van der Waals surface area contributed by atoms with E-state index in [1.165, 1.54) is 11.0 Å². The number of halogens is 6. The number of amidine groups is 1. The first-order valence-electron chi connectivity index (χ1n) is 10.5. The molecule has 0 N–H and O–H groups in total. The number of hydrogen-bond donors (Lipinski definition) is 0. The highest BCUT2D eigenvalue weighted by Crippen LogP contribution is 2.36. The van der Waals surface area contributed by atoms with Crippen LogP contribution in [0.4, 0.5) is 37.7 Å². The number of amides is 1. The summed E-state index contributed by atoms with van der Waals surface area (Å²) in [6, 6.07) is 6.79. The topological polar surface area (TPSA) is 81.0 Å². The Morgan fingerprint density at radius 1 is 1.03 bits per heavy atom. The maximum atomic E-state index is 13.0. The largest absolute Gasteiger partial charge is 0.495 e. The third-order valence-corrected chi connectivity index (χ3v) is 6.64. The van der Waals surface area contributed by atoms with Crippen molar-refractivity contribution >= 4 is 46.2 Å². The van der Waals surface area contributed by atoms with E-state index in [2.05, 4.69) is 9.83 Å². The molecule has 1 radical (unpaired) electrons. The molecule has 1 fully saturated rings. The van der Waals surface area contributed by atoms with E-state index in [0.717, 1.165) is 17.2 Å². The summed E-state index contributed by atoms with van der Waals surface area (Å²) < 4.78 is 76.9. The number of piperidine rings is 1. The molecule has 1 atom stereocenters. The average molecular weight is 533 g/mol. The predicted molar refractivity (Wildman–Crippen MR) is 116 cm³/mol. The SMILES string of the molecule is Cc1ccc2c(c1)N(OC(=O)C(F)(F)F)C(C1CCCN(C(=O)c3ccc(C(=O)C(F)(F)F)s3)C1)=[N+]2. The number of hydroxylamine groups is 1. The molecule has 14 heteroatoms. The first kappa shape index (κ1) is 25.7. The lowest BCUT2D eigenvalue weighted by Gasteiger charge is -2.31. The van der Waals surface area contributed by atoms with Gasteiger partial charge in [-0.1, -0.05) is 6.07 Å². The van der Waals surface area contributed by atoms with Crippen LogP contribution >= 0.6 is 11.3 Å². The molecular weight excluding hydrogens is 516 g/mol. The quantitative estimate of drug-likeness (QED) is 0.425. The van der Waals surface area contributed by atoms with Gasteiger partial charge in [0.15, 0.2) is 0 Å². The Labute approximate surface area is 203 Å². The number of aliphatic imine (C=N–C) groups is 1. The van der Waals surface area contributed by atoms with Crippen molar-refractivity contribution in [3.8, 4) is 0 Å². The molecular formula is C22H17F6N3O4S+. The third-order valence-electron chi connectivity index (χ3n) is 5.57. The van der Waals surface area contributed by atoms with Crippen LogP contribution in [0.1, 0.15) is 37.7 Å². The molecule has 4 rings (SSSR count). The van der Waals surface area contributed by atoms with Crippen molar-refractivity contribution in [3.05, 3.63) is 45.6 Å². The lowest BCUT2D eigenvalue weighted by molar-refractivity contribution is -0.199. The molecule has 1 aromatic heterocycles. The Morgan fingerprint density at radius 3 is 2.39 bits per heavy atom. The second kappa shape index (κ2) is 9.22. The van der Waals surface area contributed by atoms with E-state index >= 15 is 0 Å². The Hall–Kier alpha value is -3.42. The number of alkyl halides is 6. The highest BCUT2D eigenvalue weighted by Gasteiger charge is 2.51. The number of rotatable bonds is 4. The van der Waals surface area contributed by atoms with E-state index in [-0.39, 0.29) is 35.2 Å². The van der Waals surface area contributed by atoms with Crippen LogP contribution in [0.2, 0.25) is 0 Å². The Bertz CT molecular complexity index is 1250. The van der Waals surface area contributed by atoms with E-state index in [1.54, 1.807) is 19.1 Å². The molecule has 36 heavy (non-hydrogen) atoms. The number of carbonyl (C=O) groups excluding carboxylic acids is 3. The summed E-state index contributed by atoms with van der Waals surface area (Å²) in [4.78, 5) is 45.6. The summed E-state index contributed by atoms with van der Waals surface area (Å²) in [5.74, 6) is -5.75. The molecule has 2 aliphatic rings. The lowest BCUT2D eigenvalue weighted by Crippen LogP contribution is -2.48. The van der Waals surface area contributed by atoms with Gasteiger partial charge in [-0.3, -0.25) is 9.59 Å². The number of benzene rings is 1. The fourth-order valence-electron chi connectivity index (χ4n) is 3.91. The smallest absolute Gasteiger partial charge is 0.337 e. The number of nitrogens with zero attached hydrogens (tertiary/aromatic N) is 3. The molecule has 0 spiro atoms. The fourth-order valence-corrected chi connectivity index (χ4v) is 4.85. The van der Waals surface area contributed by atoms with Crippen LogP contribution in [-0.2, 0) is 9.63 Å². The van der Waals surface area contributed by atoms with Crippen molar-refractivity contribution in [1.82, 2.24) is 9.89 Å². The molecule has 3 heterocycles. The maximum absolute atomic E-state index is 13.0. The van der Waals surface area contributed by atoms with Gasteiger partial charge in [-0.15, -0.1) is 11.3 Å². The van der Waals surface area contributed by atoms with Gasteiger partial charge in [0.1, 0.15) is 0 Å². The van der Waals surface area contributed by atoms with Gasteiger partial charge in [-0.2, -0.15) is 26.3 Å². The van der Waals surface area contributed by atoms with Crippen molar-refractivity contribution in [2.75, 3.05) is 18.2 Å². The minimum absolute atomic E-state index is 0.00446. The highest BCUT2D eigenvalue weighted by molar-refractivity contribution is 7.16. The standard InChI is InChI=1S/C22H17F6N3O4S/c1-11-4-5-13-14(9-11)31(35-20(34)22(26,27)28)18(29-13)12-3-2-8-30(10-12)19(33)16-7-6-15(36-16)17(32)21(23,24)25/h4-7,9,12H,2-3,8,10H2,1H3/q+1. The summed E-state index contributed by atoms with van der Waals surface area (Å²) in [5.41, 5.74) is 1.10. The van der Waals surface area contributed by atoms with E-state index in [1.807, 2.05) is 0 Å². The zero-order valence-electron chi connectivity index (χ0n) is 18.4. The van der Waals surface area contributed by atoms with Crippen molar-refractivity contribution < 1.29 is 45.6 Å². The number of aryl methyl sites for hydroxylation is 1. The van der Waals surface area contributed by atoms with Crippen LogP contribution in [0.15, 0.2) is 30.3 Å².